The van der Waals surface area contributed by atoms with E-state index in [-0.39, 0.29) is 28.7 Å². The summed E-state index contributed by atoms with van der Waals surface area (Å²) in [6.45, 7) is -0.354. The van der Waals surface area contributed by atoms with Crippen LogP contribution < -0.4 is 15.1 Å². The zero-order chi connectivity index (χ0) is 27.0. The summed E-state index contributed by atoms with van der Waals surface area (Å²) in [5.74, 6) is -4.99. The summed E-state index contributed by atoms with van der Waals surface area (Å²) in [6.07, 6.45) is -1.92. The van der Waals surface area contributed by atoms with Gasteiger partial charge in [0, 0.05) is 40.5 Å². The predicted octanol–water partition coefficient (Wildman–Crippen LogP) is 4.95. The van der Waals surface area contributed by atoms with Crippen LogP contribution in [0.3, 0.4) is 0 Å². The zero-order valence-electron chi connectivity index (χ0n) is 19.5. The molecule has 0 radical (unpaired) electrons. The predicted molar refractivity (Wildman–Crippen MR) is 134 cm³/mol. The Hall–Kier alpha value is -3.64. The van der Waals surface area contributed by atoms with Crippen LogP contribution in [-0.4, -0.2) is 47.5 Å². The van der Waals surface area contributed by atoms with Crippen LogP contribution in [0.15, 0.2) is 59.4 Å². The summed E-state index contributed by atoms with van der Waals surface area (Å²) in [6, 6.07) is 7.66. The van der Waals surface area contributed by atoms with Gasteiger partial charge in [0.25, 0.3) is 11.8 Å². The summed E-state index contributed by atoms with van der Waals surface area (Å²) < 4.78 is 46.5. The van der Waals surface area contributed by atoms with E-state index in [2.05, 4.69) is 10.3 Å². The number of nitrogens with zero attached hydrogens (tertiary/aromatic N) is 3. The largest absolute Gasteiger partial charge is 0.446 e. The van der Waals surface area contributed by atoms with Crippen molar-refractivity contribution in [3.63, 3.8) is 0 Å². The molecule has 0 bridgehead atoms. The molecule has 2 atom stereocenters. The van der Waals surface area contributed by atoms with Crippen LogP contribution >= 0.6 is 22.9 Å². The third-order valence-corrected chi connectivity index (χ3v) is 7.21. The number of alkyl halides is 2. The third kappa shape index (κ3) is 5.05. The van der Waals surface area contributed by atoms with Gasteiger partial charge in [0.2, 0.25) is 5.91 Å². The van der Waals surface area contributed by atoms with Gasteiger partial charge in [-0.25, -0.2) is 27.8 Å². The number of anilines is 2. The Kier molecular flexibility index (Phi) is 7.01. The standard InChI is InChI=1S/C25H20ClF3N4O4S/c26-18-7-2-1-6-17(18)21(22(34)31-15-9-25(28,29)10-15)32(16-5-3-4-14(27)8-16)23(35)19-11-37-24(36)33(19)20-12-38-13-30-20/h1-8,12-13,15,19,21H,9-11H2,(H,31,34). The molecule has 1 saturated heterocycles. The van der Waals surface area contributed by atoms with Crippen molar-refractivity contribution in [2.45, 2.75) is 36.9 Å². The van der Waals surface area contributed by atoms with Gasteiger partial charge in [-0.3, -0.25) is 14.5 Å². The number of ether oxygens (including phenoxy) is 1. The molecule has 1 aliphatic heterocycles. The molecule has 2 aromatic carbocycles. The topological polar surface area (TPSA) is 91.8 Å². The van der Waals surface area contributed by atoms with Gasteiger partial charge in [-0.2, -0.15) is 0 Å². The molecular formula is C25H20ClF3N4O4S. The molecule has 3 aromatic rings. The van der Waals surface area contributed by atoms with Gasteiger partial charge in [-0.05, 0) is 24.3 Å². The van der Waals surface area contributed by atoms with E-state index in [4.69, 9.17) is 16.3 Å². The number of thiazole rings is 1. The average Bonchev–Trinajstić information content (AvgIpc) is 3.51. The first-order chi connectivity index (χ1) is 18.1. The smallest absolute Gasteiger partial charge is 0.416 e. The summed E-state index contributed by atoms with van der Waals surface area (Å²) in [7, 11) is 0. The molecule has 1 N–H and O–H groups in total. The number of rotatable bonds is 7. The minimum Gasteiger partial charge on any atom is -0.446 e. The van der Waals surface area contributed by atoms with Gasteiger partial charge < -0.3 is 10.1 Å². The number of carbonyl (C=O) groups is 3. The Balaban J connectivity index is 1.59. The number of benzene rings is 2. The lowest BCUT2D eigenvalue weighted by Crippen LogP contribution is -2.56. The number of amides is 3. The van der Waals surface area contributed by atoms with Gasteiger partial charge in [0.05, 0.1) is 5.51 Å². The van der Waals surface area contributed by atoms with Gasteiger partial charge >= 0.3 is 6.09 Å². The number of halogens is 4. The third-order valence-electron chi connectivity index (χ3n) is 6.29. The van der Waals surface area contributed by atoms with Gasteiger partial charge in [0.1, 0.15) is 24.3 Å². The molecule has 38 heavy (non-hydrogen) atoms. The van der Waals surface area contributed by atoms with Crippen molar-refractivity contribution in [2.24, 2.45) is 0 Å². The number of carbonyl (C=O) groups excluding carboxylic acids is 3. The van der Waals surface area contributed by atoms with Crippen molar-refractivity contribution >= 4 is 52.4 Å². The van der Waals surface area contributed by atoms with Crippen LogP contribution in [0.25, 0.3) is 0 Å². The number of hydrogen-bond acceptors (Lipinski definition) is 6. The minimum absolute atomic E-state index is 0.00779. The lowest BCUT2D eigenvalue weighted by atomic mass is 9.87. The van der Waals surface area contributed by atoms with Crippen LogP contribution in [0.5, 0.6) is 0 Å². The maximum Gasteiger partial charge on any atom is 0.416 e. The molecule has 8 nitrogen and oxygen atoms in total. The molecule has 13 heteroatoms. The molecule has 1 aliphatic carbocycles. The molecule has 0 spiro atoms. The fraction of sp³-hybridized carbons (Fsp3) is 0.280. The summed E-state index contributed by atoms with van der Waals surface area (Å²) in [5, 5.41) is 4.24. The highest BCUT2D eigenvalue weighted by molar-refractivity contribution is 7.07. The summed E-state index contributed by atoms with van der Waals surface area (Å²) in [4.78, 5) is 46.6. The Morgan fingerprint density at radius 3 is 2.63 bits per heavy atom. The van der Waals surface area contributed by atoms with E-state index in [1.165, 1.54) is 41.1 Å². The van der Waals surface area contributed by atoms with Crippen molar-refractivity contribution in [1.82, 2.24) is 10.3 Å². The second kappa shape index (κ2) is 10.3. The Labute approximate surface area is 224 Å². The molecule has 1 aromatic heterocycles. The second-order valence-electron chi connectivity index (χ2n) is 8.89. The van der Waals surface area contributed by atoms with Crippen molar-refractivity contribution in [3.05, 3.63) is 75.8 Å². The maximum absolute atomic E-state index is 14.4. The SMILES string of the molecule is O=C(NC1CC(F)(F)C1)C(c1ccccc1Cl)N(C(=O)C1COC(=O)N1c1cscn1)c1cccc(F)c1. The lowest BCUT2D eigenvalue weighted by Gasteiger charge is -2.39. The summed E-state index contributed by atoms with van der Waals surface area (Å²) in [5.41, 5.74) is 1.65. The quantitative estimate of drug-likeness (QED) is 0.438. The van der Waals surface area contributed by atoms with Gasteiger partial charge in [-0.15, -0.1) is 11.3 Å². The van der Waals surface area contributed by atoms with Crippen LogP contribution in [0, 0.1) is 5.82 Å². The van der Waals surface area contributed by atoms with Crippen LogP contribution in [0.4, 0.5) is 29.5 Å². The fourth-order valence-electron chi connectivity index (χ4n) is 4.51. The van der Waals surface area contributed by atoms with E-state index < -0.39 is 60.6 Å². The van der Waals surface area contributed by atoms with E-state index in [1.807, 2.05) is 0 Å². The average molecular weight is 565 g/mol. The van der Waals surface area contributed by atoms with E-state index >= 15 is 0 Å². The Bertz CT molecular complexity index is 1370. The number of cyclic esters (lactones) is 1. The molecular weight excluding hydrogens is 545 g/mol. The Morgan fingerprint density at radius 2 is 1.97 bits per heavy atom. The number of nitrogens with one attached hydrogen (secondary N) is 1. The molecule has 2 aliphatic rings. The molecule has 2 unspecified atom stereocenters. The zero-order valence-corrected chi connectivity index (χ0v) is 21.1. The fourth-order valence-corrected chi connectivity index (χ4v) is 5.27. The highest BCUT2D eigenvalue weighted by Crippen LogP contribution is 2.39. The number of hydrogen-bond donors (Lipinski definition) is 1. The first-order valence-electron chi connectivity index (χ1n) is 11.5. The van der Waals surface area contributed by atoms with Crippen LogP contribution in [-0.2, 0) is 14.3 Å². The van der Waals surface area contributed by atoms with E-state index in [9.17, 15) is 27.6 Å². The van der Waals surface area contributed by atoms with Gasteiger partial charge in [-0.1, -0.05) is 35.9 Å². The van der Waals surface area contributed by atoms with Crippen molar-refractivity contribution in [1.29, 1.82) is 0 Å². The molecule has 2 fully saturated rings. The Morgan fingerprint density at radius 1 is 1.21 bits per heavy atom. The van der Waals surface area contributed by atoms with E-state index in [1.54, 1.807) is 17.5 Å². The lowest BCUT2D eigenvalue weighted by molar-refractivity contribution is -0.133. The van der Waals surface area contributed by atoms with Crippen LogP contribution in [0.2, 0.25) is 5.02 Å². The van der Waals surface area contributed by atoms with E-state index in [0.29, 0.717) is 0 Å². The van der Waals surface area contributed by atoms with Crippen molar-refractivity contribution < 1.29 is 32.3 Å². The molecule has 1 saturated carbocycles. The molecule has 3 amide bonds. The maximum atomic E-state index is 14.4. The highest BCUT2D eigenvalue weighted by Gasteiger charge is 2.49. The van der Waals surface area contributed by atoms with Crippen molar-refractivity contribution in [3.8, 4) is 0 Å². The molecule has 198 valence electrons. The highest BCUT2D eigenvalue weighted by atomic mass is 35.5. The minimum atomic E-state index is -2.90. The second-order valence-corrected chi connectivity index (χ2v) is 10.0. The molecule has 5 rings (SSSR count). The first-order valence-corrected chi connectivity index (χ1v) is 12.8. The molecule has 2 heterocycles. The van der Waals surface area contributed by atoms with Crippen molar-refractivity contribution in [2.75, 3.05) is 16.4 Å². The monoisotopic (exact) mass is 564 g/mol. The number of aromatic nitrogens is 1. The van der Waals surface area contributed by atoms with E-state index in [0.717, 1.165) is 21.9 Å². The first kappa shape index (κ1) is 26.0. The summed E-state index contributed by atoms with van der Waals surface area (Å²) >= 11 is 7.64. The normalized spacial score (nSPS) is 19.4. The van der Waals surface area contributed by atoms with Crippen LogP contribution in [0.1, 0.15) is 24.4 Å². The van der Waals surface area contributed by atoms with Gasteiger partial charge in [0.15, 0.2) is 6.04 Å².